The Balaban J connectivity index is 2.02. The molecule has 2 saturated carbocycles. The molecule has 3 aliphatic rings. The normalized spacial score (nSPS) is 46.9. The van der Waals surface area contributed by atoms with Gasteiger partial charge in [0.25, 0.3) is 0 Å². The first-order valence-corrected chi connectivity index (χ1v) is 9.80. The smallest absolute Gasteiger partial charge is 0.311 e. The lowest BCUT2D eigenvalue weighted by Gasteiger charge is -2.62. The number of ether oxygens (including phenoxy) is 1. The number of carbonyl (C=O) groups excluding carboxylic acids is 1. The average molecular weight is 350 g/mol. The molecule has 0 aromatic rings. The summed E-state index contributed by atoms with van der Waals surface area (Å²) in [5.41, 5.74) is -0.546. The molecule has 3 aliphatic carbocycles. The van der Waals surface area contributed by atoms with Gasteiger partial charge in [-0.3, -0.25) is 4.79 Å². The van der Waals surface area contributed by atoms with Gasteiger partial charge in [0.05, 0.1) is 24.2 Å². The van der Waals surface area contributed by atoms with Gasteiger partial charge >= 0.3 is 5.97 Å². The maximum atomic E-state index is 12.6. The fourth-order valence-electron chi connectivity index (χ4n) is 6.52. The van der Waals surface area contributed by atoms with Crippen LogP contribution in [0.25, 0.3) is 0 Å². The standard InChI is InChI=1S/C21H34O4/c1-13(2)14-12-21(24)10-7-16-19(3,17(21)11-15(14)22)8-6-9-20(16,4)18(23)25-5/h12-13,15-17,22,24H,6-11H2,1-5H3/t15-,16+,17+,19-,20+,21-/m0/s1. The van der Waals surface area contributed by atoms with E-state index in [1.54, 1.807) is 0 Å². The molecule has 0 aliphatic heterocycles. The molecule has 2 fully saturated rings. The van der Waals surface area contributed by atoms with E-state index in [0.29, 0.717) is 12.8 Å². The maximum absolute atomic E-state index is 12.6. The highest BCUT2D eigenvalue weighted by Crippen LogP contribution is 2.64. The van der Waals surface area contributed by atoms with E-state index in [0.717, 1.165) is 31.3 Å². The summed E-state index contributed by atoms with van der Waals surface area (Å²) < 4.78 is 5.15. The number of aliphatic hydroxyl groups is 2. The van der Waals surface area contributed by atoms with E-state index < -0.39 is 17.1 Å². The van der Waals surface area contributed by atoms with Crippen LogP contribution in [0.1, 0.15) is 66.2 Å². The van der Waals surface area contributed by atoms with Gasteiger partial charge in [-0.1, -0.05) is 33.3 Å². The molecule has 0 aromatic heterocycles. The number of carbonyl (C=O) groups is 1. The Morgan fingerprint density at radius 2 is 1.92 bits per heavy atom. The van der Waals surface area contributed by atoms with E-state index in [1.807, 2.05) is 13.0 Å². The minimum absolute atomic E-state index is 0.0134. The molecule has 0 bridgehead atoms. The van der Waals surface area contributed by atoms with E-state index in [-0.39, 0.29) is 29.1 Å². The molecule has 3 rings (SSSR count). The Morgan fingerprint density at radius 3 is 2.52 bits per heavy atom. The second kappa shape index (κ2) is 6.09. The molecule has 0 aromatic carbocycles. The van der Waals surface area contributed by atoms with Crippen LogP contribution in [-0.4, -0.2) is 35.0 Å². The van der Waals surface area contributed by atoms with Crippen molar-refractivity contribution in [2.24, 2.45) is 28.6 Å². The predicted molar refractivity (Wildman–Crippen MR) is 96.8 cm³/mol. The first kappa shape index (κ1) is 18.9. The van der Waals surface area contributed by atoms with Crippen molar-refractivity contribution in [2.75, 3.05) is 7.11 Å². The van der Waals surface area contributed by atoms with Crippen molar-refractivity contribution in [1.82, 2.24) is 0 Å². The number of methoxy groups -OCH3 is 1. The molecule has 0 heterocycles. The van der Waals surface area contributed by atoms with Crippen LogP contribution < -0.4 is 0 Å². The lowest BCUT2D eigenvalue weighted by atomic mass is 9.43. The molecule has 4 heteroatoms. The second-order valence-corrected chi connectivity index (χ2v) is 9.45. The van der Waals surface area contributed by atoms with E-state index >= 15 is 0 Å². The fourth-order valence-corrected chi connectivity index (χ4v) is 6.52. The largest absolute Gasteiger partial charge is 0.469 e. The summed E-state index contributed by atoms with van der Waals surface area (Å²) in [5.74, 6) is 0.286. The summed E-state index contributed by atoms with van der Waals surface area (Å²) in [5, 5.41) is 22.2. The van der Waals surface area contributed by atoms with Crippen LogP contribution in [-0.2, 0) is 9.53 Å². The highest BCUT2D eigenvalue weighted by molar-refractivity contribution is 5.77. The molecule has 0 radical (unpaired) electrons. The van der Waals surface area contributed by atoms with Crippen LogP contribution in [0.5, 0.6) is 0 Å². The SMILES string of the molecule is COC(=O)[C@]1(C)CCC[C@]2(C)[C@H]3C[C@H](O)C(C(C)C)=C[C@@]3(O)CC[C@H]21. The Hall–Kier alpha value is -0.870. The van der Waals surface area contributed by atoms with Gasteiger partial charge in [0.2, 0.25) is 0 Å². The highest BCUT2D eigenvalue weighted by atomic mass is 16.5. The number of hydrogen-bond donors (Lipinski definition) is 2. The van der Waals surface area contributed by atoms with Gasteiger partial charge in [-0.2, -0.15) is 0 Å². The molecule has 0 saturated heterocycles. The minimum Gasteiger partial charge on any atom is -0.469 e. The maximum Gasteiger partial charge on any atom is 0.311 e. The summed E-state index contributed by atoms with van der Waals surface area (Å²) in [6.07, 6.45) is 6.34. The molecule has 2 N–H and O–H groups in total. The quantitative estimate of drug-likeness (QED) is 0.591. The van der Waals surface area contributed by atoms with Crippen LogP contribution in [0, 0.1) is 28.6 Å². The summed E-state index contributed by atoms with van der Waals surface area (Å²) in [6.45, 7) is 8.41. The van der Waals surface area contributed by atoms with E-state index in [1.165, 1.54) is 7.11 Å². The van der Waals surface area contributed by atoms with Crippen molar-refractivity contribution in [2.45, 2.75) is 77.9 Å². The van der Waals surface area contributed by atoms with E-state index in [9.17, 15) is 15.0 Å². The van der Waals surface area contributed by atoms with Crippen molar-refractivity contribution in [3.05, 3.63) is 11.6 Å². The van der Waals surface area contributed by atoms with Crippen molar-refractivity contribution in [3.63, 3.8) is 0 Å². The van der Waals surface area contributed by atoms with Gasteiger partial charge in [-0.05, 0) is 67.8 Å². The Kier molecular flexibility index (Phi) is 4.61. The Labute approximate surface area is 151 Å². The first-order chi connectivity index (χ1) is 11.6. The summed E-state index contributed by atoms with van der Waals surface area (Å²) in [4.78, 5) is 12.6. The number of hydrogen-bond acceptors (Lipinski definition) is 4. The average Bonchev–Trinajstić information content (AvgIpc) is 2.54. The molecule has 0 amide bonds. The lowest BCUT2D eigenvalue weighted by Crippen LogP contribution is -2.62. The number of rotatable bonds is 2. The van der Waals surface area contributed by atoms with Crippen molar-refractivity contribution in [1.29, 1.82) is 0 Å². The number of fused-ring (bicyclic) bond motifs is 3. The number of aliphatic hydroxyl groups excluding tert-OH is 1. The van der Waals surface area contributed by atoms with Crippen molar-refractivity contribution in [3.8, 4) is 0 Å². The van der Waals surface area contributed by atoms with Gasteiger partial charge in [-0.25, -0.2) is 0 Å². The zero-order chi connectivity index (χ0) is 18.6. The van der Waals surface area contributed by atoms with Crippen molar-refractivity contribution >= 4 is 5.97 Å². The van der Waals surface area contributed by atoms with Gasteiger partial charge in [0, 0.05) is 0 Å². The molecule has 0 unspecified atom stereocenters. The molecule has 25 heavy (non-hydrogen) atoms. The third kappa shape index (κ3) is 2.68. The Bertz CT molecular complexity index is 582. The van der Waals surface area contributed by atoms with E-state index in [2.05, 4.69) is 20.8 Å². The molecular weight excluding hydrogens is 316 g/mol. The molecule has 4 nitrogen and oxygen atoms in total. The first-order valence-electron chi connectivity index (χ1n) is 9.80. The summed E-state index contributed by atoms with van der Waals surface area (Å²) >= 11 is 0. The topological polar surface area (TPSA) is 66.8 Å². The van der Waals surface area contributed by atoms with Gasteiger partial charge in [-0.15, -0.1) is 0 Å². The molecule has 0 spiro atoms. The third-order valence-electron chi connectivity index (χ3n) is 7.79. The fraction of sp³-hybridized carbons (Fsp3) is 0.857. The highest BCUT2D eigenvalue weighted by Gasteiger charge is 2.63. The number of esters is 1. The summed E-state index contributed by atoms with van der Waals surface area (Å²) in [6, 6.07) is 0. The van der Waals surface area contributed by atoms with Crippen LogP contribution in [0.2, 0.25) is 0 Å². The Morgan fingerprint density at radius 1 is 1.24 bits per heavy atom. The molecular formula is C21H34O4. The van der Waals surface area contributed by atoms with Crippen LogP contribution in [0.4, 0.5) is 0 Å². The molecule has 142 valence electrons. The van der Waals surface area contributed by atoms with E-state index in [4.69, 9.17) is 4.74 Å². The van der Waals surface area contributed by atoms with Gasteiger partial charge in [0.15, 0.2) is 0 Å². The lowest BCUT2D eigenvalue weighted by molar-refractivity contribution is -0.192. The second-order valence-electron chi connectivity index (χ2n) is 9.45. The van der Waals surface area contributed by atoms with Crippen molar-refractivity contribution < 1.29 is 19.7 Å². The van der Waals surface area contributed by atoms with Crippen LogP contribution in [0.15, 0.2) is 11.6 Å². The summed E-state index contributed by atoms with van der Waals surface area (Å²) in [7, 11) is 1.47. The van der Waals surface area contributed by atoms with Crippen LogP contribution >= 0.6 is 0 Å². The van der Waals surface area contributed by atoms with Gasteiger partial charge < -0.3 is 14.9 Å². The zero-order valence-corrected chi connectivity index (χ0v) is 16.3. The predicted octanol–water partition coefficient (Wildman–Crippen LogP) is 3.46. The third-order valence-corrected chi connectivity index (χ3v) is 7.79. The zero-order valence-electron chi connectivity index (χ0n) is 16.3. The van der Waals surface area contributed by atoms with Crippen LogP contribution in [0.3, 0.4) is 0 Å². The minimum atomic E-state index is -0.863. The molecule has 6 atom stereocenters. The van der Waals surface area contributed by atoms with Gasteiger partial charge in [0.1, 0.15) is 0 Å². The monoisotopic (exact) mass is 350 g/mol.